The van der Waals surface area contributed by atoms with Crippen LogP contribution in [0.15, 0.2) is 40.9 Å². The molecule has 4 nitrogen and oxygen atoms in total. The van der Waals surface area contributed by atoms with Crippen molar-refractivity contribution < 1.29 is 13.6 Å². The molecule has 1 saturated carbocycles. The number of nitrogens with two attached hydrogens (primary N) is 1. The van der Waals surface area contributed by atoms with Crippen molar-refractivity contribution in [3.63, 3.8) is 0 Å². The molecule has 32 heavy (non-hydrogen) atoms. The first-order chi connectivity index (χ1) is 14.8. The minimum atomic E-state index is -2.53. The second kappa shape index (κ2) is 9.85. The Morgan fingerprint density at radius 3 is 2.53 bits per heavy atom. The molecule has 0 bridgehead atoms. The van der Waals surface area contributed by atoms with Crippen molar-refractivity contribution in [3.8, 4) is 0 Å². The van der Waals surface area contributed by atoms with E-state index in [0.717, 1.165) is 46.0 Å². The number of carbonyl (C=O) groups excluding carboxylic acids is 1. The van der Waals surface area contributed by atoms with E-state index in [-0.39, 0.29) is 47.4 Å². The van der Waals surface area contributed by atoms with Gasteiger partial charge in [0, 0.05) is 60.6 Å². The predicted octanol–water partition coefficient (Wildman–Crippen LogP) is 6.04. The number of halogens is 3. The number of carbonyl (C=O) groups is 1. The lowest BCUT2D eigenvalue weighted by Crippen LogP contribution is -2.40. The number of aliphatic imine (C=N–C) groups is 1. The van der Waals surface area contributed by atoms with Crippen molar-refractivity contribution in [2.24, 2.45) is 10.7 Å². The number of alkyl halides is 2. The molecule has 4 rings (SSSR count). The number of amides is 1. The van der Waals surface area contributed by atoms with Gasteiger partial charge in [0.05, 0.1) is 0 Å². The van der Waals surface area contributed by atoms with E-state index in [4.69, 9.17) is 10.7 Å². The van der Waals surface area contributed by atoms with E-state index in [1.807, 2.05) is 38.1 Å². The maximum Gasteiger partial charge on any atom is 0.264 e. The molecule has 1 saturated heterocycles. The van der Waals surface area contributed by atoms with Gasteiger partial charge in [0.15, 0.2) is 0 Å². The van der Waals surface area contributed by atoms with Gasteiger partial charge >= 0.3 is 0 Å². The molecule has 0 unspecified atom stereocenters. The molecule has 2 N–H and O–H groups in total. The Morgan fingerprint density at radius 1 is 1.22 bits per heavy atom. The number of piperidine rings is 1. The summed E-state index contributed by atoms with van der Waals surface area (Å²) in [6.07, 6.45) is 0.0371. The van der Waals surface area contributed by atoms with E-state index >= 15 is 0 Å². The smallest absolute Gasteiger partial charge is 0.264 e. The standard InChI is InChI=1S/C25H29F2N3O.HI/c1-14(2)29-23-9-10-30(15(3)31)13-22(23)24(28)18-6-4-5-17-11-19(16-7-8-16)21(25(26)27)12-20(17)18;/h4-6,11-12,14,16,25H,7-10,13,28H2,1-3H3;1H/b24-22-,29-23?;. The van der Waals surface area contributed by atoms with E-state index in [1.165, 1.54) is 0 Å². The molecule has 2 aliphatic rings. The van der Waals surface area contributed by atoms with Crippen molar-refractivity contribution >= 4 is 52.1 Å². The zero-order chi connectivity index (χ0) is 22.3. The van der Waals surface area contributed by atoms with Crippen LogP contribution in [-0.2, 0) is 4.79 Å². The summed E-state index contributed by atoms with van der Waals surface area (Å²) < 4.78 is 27.7. The van der Waals surface area contributed by atoms with E-state index in [9.17, 15) is 13.6 Å². The van der Waals surface area contributed by atoms with Crippen LogP contribution in [-0.4, -0.2) is 35.7 Å². The number of likely N-dealkylation sites (tertiary alicyclic amines) is 1. The monoisotopic (exact) mass is 553 g/mol. The summed E-state index contributed by atoms with van der Waals surface area (Å²) >= 11 is 0. The maximum absolute atomic E-state index is 13.9. The van der Waals surface area contributed by atoms with Gasteiger partial charge in [-0.2, -0.15) is 0 Å². The van der Waals surface area contributed by atoms with Crippen molar-refractivity contribution in [3.05, 3.63) is 52.6 Å². The fraction of sp³-hybridized carbons (Fsp3) is 0.440. The first-order valence-corrected chi connectivity index (χ1v) is 10.9. The molecule has 0 radical (unpaired) electrons. The lowest BCUT2D eigenvalue weighted by atomic mass is 9.91. The number of fused-ring (bicyclic) bond motifs is 1. The zero-order valence-electron chi connectivity index (χ0n) is 18.7. The number of benzene rings is 2. The van der Waals surface area contributed by atoms with Gasteiger partial charge in [-0.3, -0.25) is 9.79 Å². The first kappa shape index (κ1) is 24.6. The van der Waals surface area contributed by atoms with Crippen LogP contribution in [0.4, 0.5) is 8.78 Å². The minimum absolute atomic E-state index is 0. The third-order valence-corrected chi connectivity index (χ3v) is 6.13. The molecular formula is C25H30F2IN3O. The number of hydrogen-bond acceptors (Lipinski definition) is 3. The Bertz CT molecular complexity index is 1090. The van der Waals surface area contributed by atoms with Gasteiger partial charge in [0.1, 0.15) is 0 Å². The van der Waals surface area contributed by atoms with Gasteiger partial charge in [-0.05, 0) is 55.0 Å². The van der Waals surface area contributed by atoms with Gasteiger partial charge in [-0.25, -0.2) is 8.78 Å². The minimum Gasteiger partial charge on any atom is -0.398 e. The molecule has 2 aromatic rings. The summed E-state index contributed by atoms with van der Waals surface area (Å²) in [5.41, 5.74) is 10.5. The van der Waals surface area contributed by atoms with Gasteiger partial charge < -0.3 is 10.6 Å². The van der Waals surface area contributed by atoms with Crippen molar-refractivity contribution in [2.45, 2.75) is 58.4 Å². The number of rotatable bonds is 4. The number of hydrogen-bond donors (Lipinski definition) is 1. The maximum atomic E-state index is 13.9. The Balaban J connectivity index is 0.00000289. The molecular weight excluding hydrogens is 523 g/mol. The van der Waals surface area contributed by atoms with Crippen LogP contribution in [0, 0.1) is 0 Å². The first-order valence-electron chi connectivity index (χ1n) is 10.9. The van der Waals surface area contributed by atoms with E-state index in [1.54, 1.807) is 17.9 Å². The Kier molecular flexibility index (Phi) is 7.57. The van der Waals surface area contributed by atoms with E-state index in [2.05, 4.69) is 0 Å². The van der Waals surface area contributed by atoms with Crippen molar-refractivity contribution in [1.29, 1.82) is 0 Å². The zero-order valence-corrected chi connectivity index (χ0v) is 21.0. The lowest BCUT2D eigenvalue weighted by Gasteiger charge is -2.30. The van der Waals surface area contributed by atoms with Gasteiger partial charge in [0.25, 0.3) is 6.43 Å². The summed E-state index contributed by atoms with van der Waals surface area (Å²) in [5.74, 6) is 0.223. The Labute approximate surface area is 205 Å². The molecule has 1 heterocycles. The van der Waals surface area contributed by atoms with Crippen LogP contribution in [0.1, 0.15) is 69.1 Å². The highest BCUT2D eigenvalue weighted by Gasteiger charge is 2.30. The largest absolute Gasteiger partial charge is 0.398 e. The third kappa shape index (κ3) is 4.97. The van der Waals surface area contributed by atoms with Crippen LogP contribution in [0.3, 0.4) is 0 Å². The van der Waals surface area contributed by atoms with Crippen LogP contribution < -0.4 is 5.73 Å². The molecule has 0 atom stereocenters. The highest BCUT2D eigenvalue weighted by Crippen LogP contribution is 2.45. The fourth-order valence-corrected chi connectivity index (χ4v) is 4.41. The quantitative estimate of drug-likeness (QED) is 0.470. The average Bonchev–Trinajstić information content (AvgIpc) is 3.56. The lowest BCUT2D eigenvalue weighted by molar-refractivity contribution is -0.128. The SMILES string of the molecule is CC(=O)N1CCC(=NC(C)C)/C(=C(\N)c2cccc3cc(C4CC4)c(C(F)F)cc23)C1.I. The summed E-state index contributed by atoms with van der Waals surface area (Å²) in [6.45, 7) is 6.54. The Hall–Kier alpha value is -2.03. The summed E-state index contributed by atoms with van der Waals surface area (Å²) in [5, 5.41) is 1.63. The normalized spacial score (nSPS) is 19.6. The second-order valence-corrected chi connectivity index (χ2v) is 8.84. The predicted molar refractivity (Wildman–Crippen MR) is 137 cm³/mol. The van der Waals surface area contributed by atoms with E-state index in [0.29, 0.717) is 25.2 Å². The van der Waals surface area contributed by atoms with Gasteiger partial charge in [-0.15, -0.1) is 24.0 Å². The van der Waals surface area contributed by atoms with Gasteiger partial charge in [-0.1, -0.05) is 24.3 Å². The second-order valence-electron chi connectivity index (χ2n) is 8.84. The molecule has 2 fully saturated rings. The van der Waals surface area contributed by atoms with Crippen LogP contribution >= 0.6 is 24.0 Å². The molecule has 7 heteroatoms. The topological polar surface area (TPSA) is 58.7 Å². The third-order valence-electron chi connectivity index (χ3n) is 6.13. The molecule has 1 amide bonds. The van der Waals surface area contributed by atoms with Gasteiger partial charge in [0.2, 0.25) is 5.91 Å². The Morgan fingerprint density at radius 2 is 1.94 bits per heavy atom. The summed E-state index contributed by atoms with van der Waals surface area (Å²) in [7, 11) is 0. The average molecular weight is 553 g/mol. The van der Waals surface area contributed by atoms with E-state index < -0.39 is 6.43 Å². The fourth-order valence-electron chi connectivity index (χ4n) is 4.41. The molecule has 1 aliphatic carbocycles. The molecule has 2 aromatic carbocycles. The molecule has 172 valence electrons. The van der Waals surface area contributed by atoms with Crippen molar-refractivity contribution in [2.75, 3.05) is 13.1 Å². The molecule has 0 spiro atoms. The van der Waals surface area contributed by atoms with Crippen LogP contribution in [0.25, 0.3) is 16.5 Å². The summed E-state index contributed by atoms with van der Waals surface area (Å²) in [4.78, 5) is 18.5. The molecule has 1 aliphatic heterocycles. The van der Waals surface area contributed by atoms with Crippen LogP contribution in [0.5, 0.6) is 0 Å². The number of nitrogens with zero attached hydrogens (tertiary/aromatic N) is 2. The molecule has 0 aromatic heterocycles. The highest BCUT2D eigenvalue weighted by atomic mass is 127. The summed E-state index contributed by atoms with van der Waals surface area (Å²) in [6, 6.07) is 9.35. The highest BCUT2D eigenvalue weighted by molar-refractivity contribution is 14.0. The van der Waals surface area contributed by atoms with Crippen molar-refractivity contribution in [1.82, 2.24) is 4.90 Å². The van der Waals surface area contributed by atoms with Crippen LogP contribution in [0.2, 0.25) is 0 Å².